The van der Waals surface area contributed by atoms with Gasteiger partial charge in [-0.25, -0.2) is 4.68 Å². The molecule has 3 heterocycles. The summed E-state index contributed by atoms with van der Waals surface area (Å²) >= 11 is 0. The number of rotatable bonds is 3. The van der Waals surface area contributed by atoms with Crippen LogP contribution in [0.25, 0.3) is 11.3 Å². The van der Waals surface area contributed by atoms with Crippen LogP contribution in [0, 0.1) is 6.92 Å². The molecule has 4 aromatic rings. The fourth-order valence-electron chi connectivity index (χ4n) is 2.79. The molecule has 5 heteroatoms. The van der Waals surface area contributed by atoms with Gasteiger partial charge in [0.05, 0.1) is 6.20 Å². The van der Waals surface area contributed by atoms with Crippen molar-refractivity contribution in [2.24, 2.45) is 0 Å². The van der Waals surface area contributed by atoms with Crippen LogP contribution in [0.2, 0.25) is 0 Å². The maximum atomic E-state index is 12.7. The third-order valence-electron chi connectivity index (χ3n) is 3.91. The van der Waals surface area contributed by atoms with Crippen molar-refractivity contribution in [2.75, 3.05) is 5.32 Å². The van der Waals surface area contributed by atoms with Crippen molar-refractivity contribution in [1.29, 1.82) is 0 Å². The summed E-state index contributed by atoms with van der Waals surface area (Å²) in [4.78, 5) is 12.7. The summed E-state index contributed by atoms with van der Waals surface area (Å²) in [6.07, 6.45) is 3.59. The maximum absolute atomic E-state index is 12.7. The summed E-state index contributed by atoms with van der Waals surface area (Å²) in [5.74, 6) is 0.633. The summed E-state index contributed by atoms with van der Waals surface area (Å²) in [6.45, 7) is 1.99. The highest BCUT2D eigenvalue weighted by Crippen LogP contribution is 2.17. The van der Waals surface area contributed by atoms with Crippen molar-refractivity contribution in [1.82, 2.24) is 14.2 Å². The molecule has 4 rings (SSSR count). The number of amides is 1. The zero-order chi connectivity index (χ0) is 16.5. The molecule has 0 radical (unpaired) electrons. The van der Waals surface area contributed by atoms with Crippen LogP contribution in [0.4, 0.5) is 5.69 Å². The monoisotopic (exact) mass is 316 g/mol. The molecule has 24 heavy (non-hydrogen) atoms. The molecule has 0 unspecified atom stereocenters. The fourth-order valence-corrected chi connectivity index (χ4v) is 2.79. The smallest absolute Gasteiger partial charge is 0.274 e. The summed E-state index contributed by atoms with van der Waals surface area (Å²) < 4.78 is 3.65. The van der Waals surface area contributed by atoms with E-state index in [1.54, 1.807) is 16.9 Å². The minimum Gasteiger partial charge on any atom is -0.321 e. The molecular formula is C19H16N4O. The number of nitrogens with one attached hydrogen (secondary N) is 1. The zero-order valence-corrected chi connectivity index (χ0v) is 13.2. The molecule has 5 nitrogen and oxygen atoms in total. The second-order valence-electron chi connectivity index (χ2n) is 5.64. The van der Waals surface area contributed by atoms with Gasteiger partial charge < -0.3 is 9.72 Å². The minimum atomic E-state index is -0.191. The van der Waals surface area contributed by atoms with E-state index < -0.39 is 0 Å². The van der Waals surface area contributed by atoms with Crippen LogP contribution in [0.1, 0.15) is 16.1 Å². The first-order valence-electron chi connectivity index (χ1n) is 7.71. The maximum Gasteiger partial charge on any atom is 0.274 e. The van der Waals surface area contributed by atoms with Gasteiger partial charge in [0.1, 0.15) is 11.5 Å². The summed E-state index contributed by atoms with van der Waals surface area (Å²) in [5, 5.41) is 7.25. The van der Waals surface area contributed by atoms with Crippen LogP contribution in [0.15, 0.2) is 73.1 Å². The number of anilines is 1. The van der Waals surface area contributed by atoms with Gasteiger partial charge in [0.2, 0.25) is 0 Å². The summed E-state index contributed by atoms with van der Waals surface area (Å²) in [5.41, 5.74) is 3.40. The molecule has 118 valence electrons. The first kappa shape index (κ1) is 14.3. The molecule has 0 aliphatic heterocycles. The van der Waals surface area contributed by atoms with Gasteiger partial charge in [-0.3, -0.25) is 4.79 Å². The lowest BCUT2D eigenvalue weighted by Gasteiger charge is -2.09. The van der Waals surface area contributed by atoms with Crippen molar-refractivity contribution in [2.45, 2.75) is 6.92 Å². The molecule has 1 amide bonds. The molecule has 0 bridgehead atoms. The molecule has 0 fully saturated rings. The van der Waals surface area contributed by atoms with Crippen molar-refractivity contribution in [3.05, 3.63) is 84.3 Å². The van der Waals surface area contributed by atoms with Gasteiger partial charge in [-0.15, -0.1) is 0 Å². The van der Waals surface area contributed by atoms with Gasteiger partial charge >= 0.3 is 0 Å². The average Bonchev–Trinajstić information content (AvgIpc) is 3.21. The molecule has 1 N–H and O–H groups in total. The van der Waals surface area contributed by atoms with Crippen LogP contribution < -0.4 is 5.32 Å². The Kier molecular flexibility index (Phi) is 3.39. The quantitative estimate of drug-likeness (QED) is 0.627. The molecule has 0 aliphatic carbocycles. The third-order valence-corrected chi connectivity index (χ3v) is 3.91. The van der Waals surface area contributed by atoms with Crippen LogP contribution in [-0.2, 0) is 0 Å². The summed E-state index contributed by atoms with van der Waals surface area (Å²) in [7, 11) is 0. The second-order valence-corrected chi connectivity index (χ2v) is 5.64. The lowest BCUT2D eigenvalue weighted by Crippen LogP contribution is -2.17. The first-order chi connectivity index (χ1) is 11.7. The summed E-state index contributed by atoms with van der Waals surface area (Å²) in [6, 6.07) is 19.3. The van der Waals surface area contributed by atoms with Crippen molar-refractivity contribution in [3.8, 4) is 5.82 Å². The zero-order valence-electron chi connectivity index (χ0n) is 13.2. The highest BCUT2D eigenvalue weighted by molar-refractivity contribution is 6.03. The molecule has 0 aliphatic rings. The van der Waals surface area contributed by atoms with Crippen molar-refractivity contribution < 1.29 is 4.79 Å². The number of aromatic nitrogens is 3. The predicted molar refractivity (Wildman–Crippen MR) is 93.7 cm³/mol. The van der Waals surface area contributed by atoms with E-state index in [9.17, 15) is 4.79 Å². The lowest BCUT2D eigenvalue weighted by atomic mass is 10.2. The fraction of sp³-hybridized carbons (Fsp3) is 0.0526. The van der Waals surface area contributed by atoms with Gasteiger partial charge in [-0.05, 0) is 55.0 Å². The van der Waals surface area contributed by atoms with E-state index in [1.807, 2.05) is 72.1 Å². The van der Waals surface area contributed by atoms with E-state index in [1.165, 1.54) is 0 Å². The predicted octanol–water partition coefficient (Wildman–Crippen LogP) is 3.69. The molecule has 0 atom stereocenters. The van der Waals surface area contributed by atoms with Crippen molar-refractivity contribution in [3.63, 3.8) is 0 Å². The van der Waals surface area contributed by atoms with Gasteiger partial charge in [0.25, 0.3) is 5.91 Å². The Labute approximate surface area is 139 Å². The van der Waals surface area contributed by atoms with E-state index in [4.69, 9.17) is 0 Å². The number of carbonyl (C=O) groups is 1. The Morgan fingerprint density at radius 3 is 2.83 bits per heavy atom. The van der Waals surface area contributed by atoms with E-state index >= 15 is 0 Å². The van der Waals surface area contributed by atoms with E-state index in [0.717, 1.165) is 22.6 Å². The molecule has 0 saturated carbocycles. The molecule has 3 aromatic heterocycles. The number of carbonyl (C=O) groups excluding carboxylic acids is 1. The number of benzene rings is 1. The second kappa shape index (κ2) is 5.70. The van der Waals surface area contributed by atoms with E-state index in [2.05, 4.69) is 10.4 Å². The number of fused-ring (bicyclic) bond motifs is 1. The highest BCUT2D eigenvalue weighted by atomic mass is 16.2. The van der Waals surface area contributed by atoms with E-state index in [-0.39, 0.29) is 5.91 Å². The molecule has 0 saturated heterocycles. The van der Waals surface area contributed by atoms with Crippen LogP contribution >= 0.6 is 0 Å². The number of hydrogen-bond donors (Lipinski definition) is 1. The highest BCUT2D eigenvalue weighted by Gasteiger charge is 2.15. The number of hydrogen-bond acceptors (Lipinski definition) is 2. The lowest BCUT2D eigenvalue weighted by molar-refractivity contribution is 0.101. The Balaban J connectivity index is 1.71. The first-order valence-corrected chi connectivity index (χ1v) is 7.71. The van der Waals surface area contributed by atoms with Gasteiger partial charge in [-0.2, -0.15) is 5.10 Å². The molecule has 1 aromatic carbocycles. The Morgan fingerprint density at radius 2 is 1.96 bits per heavy atom. The number of aryl methyl sites for hydroxylation is 1. The largest absolute Gasteiger partial charge is 0.321 e. The molecule has 0 spiro atoms. The topological polar surface area (TPSA) is 51.3 Å². The Bertz CT molecular complexity index is 1030. The number of nitrogens with zero attached hydrogens (tertiary/aromatic N) is 3. The minimum absolute atomic E-state index is 0.191. The van der Waals surface area contributed by atoms with Gasteiger partial charge in [0, 0.05) is 17.4 Å². The average molecular weight is 316 g/mol. The number of pyridine rings is 1. The van der Waals surface area contributed by atoms with Crippen LogP contribution in [0.5, 0.6) is 0 Å². The van der Waals surface area contributed by atoms with Crippen LogP contribution in [0.3, 0.4) is 0 Å². The Morgan fingerprint density at radius 1 is 1.04 bits per heavy atom. The molecular weight excluding hydrogens is 300 g/mol. The van der Waals surface area contributed by atoms with Gasteiger partial charge in [-0.1, -0.05) is 18.2 Å². The van der Waals surface area contributed by atoms with Crippen molar-refractivity contribution >= 4 is 17.1 Å². The third kappa shape index (κ3) is 2.46. The van der Waals surface area contributed by atoms with Gasteiger partial charge in [0.15, 0.2) is 0 Å². The normalized spacial score (nSPS) is 10.9. The standard InChI is InChI=1S/C19H16N4O/c1-14-5-4-6-15(13-14)21-19(24)17-10-11-20-23(17)18-9-8-16-7-2-3-12-22(16)18/h2-13H,1H3,(H,21,24). The van der Waals surface area contributed by atoms with E-state index in [0.29, 0.717) is 5.69 Å². The Hall–Kier alpha value is -3.34. The van der Waals surface area contributed by atoms with Crippen LogP contribution in [-0.4, -0.2) is 20.1 Å². The SMILES string of the molecule is Cc1cccc(NC(=O)c2ccnn2-c2ccc3ccccn23)c1.